The minimum atomic E-state index is -3.36. The SMILES string of the molecule is CCOP(=O)(OCC)O[C@@H]1CC=C[C@@H]1CC. The van der Waals surface area contributed by atoms with Crippen molar-refractivity contribution in [2.75, 3.05) is 13.2 Å². The highest BCUT2D eigenvalue weighted by molar-refractivity contribution is 7.48. The van der Waals surface area contributed by atoms with E-state index < -0.39 is 7.82 Å². The predicted molar refractivity (Wildman–Crippen MR) is 63.3 cm³/mol. The molecule has 1 aliphatic carbocycles. The minimum absolute atomic E-state index is 0.0751. The molecule has 4 nitrogen and oxygen atoms in total. The van der Waals surface area contributed by atoms with Gasteiger partial charge in [0.05, 0.1) is 19.3 Å². The van der Waals surface area contributed by atoms with Crippen LogP contribution in [-0.2, 0) is 18.1 Å². The molecular formula is C11H21O4P. The van der Waals surface area contributed by atoms with Crippen LogP contribution < -0.4 is 0 Å². The van der Waals surface area contributed by atoms with E-state index in [1.165, 1.54) is 0 Å². The Morgan fingerprint density at radius 2 is 1.88 bits per heavy atom. The summed E-state index contributed by atoms with van der Waals surface area (Å²) in [7, 11) is -3.36. The summed E-state index contributed by atoms with van der Waals surface area (Å²) in [5.41, 5.74) is 0. The largest absolute Gasteiger partial charge is 0.475 e. The highest BCUT2D eigenvalue weighted by Crippen LogP contribution is 2.52. The van der Waals surface area contributed by atoms with Crippen molar-refractivity contribution >= 4 is 7.82 Å². The van der Waals surface area contributed by atoms with Crippen molar-refractivity contribution in [1.82, 2.24) is 0 Å². The minimum Gasteiger partial charge on any atom is -0.287 e. The van der Waals surface area contributed by atoms with Crippen LogP contribution in [0.3, 0.4) is 0 Å². The van der Waals surface area contributed by atoms with E-state index >= 15 is 0 Å². The van der Waals surface area contributed by atoms with Crippen LogP contribution in [0.5, 0.6) is 0 Å². The Hall–Kier alpha value is -0.150. The van der Waals surface area contributed by atoms with Gasteiger partial charge in [0, 0.05) is 5.92 Å². The lowest BCUT2D eigenvalue weighted by molar-refractivity contribution is 0.0702. The van der Waals surface area contributed by atoms with Gasteiger partial charge in [-0.2, -0.15) is 0 Å². The topological polar surface area (TPSA) is 44.8 Å². The summed E-state index contributed by atoms with van der Waals surface area (Å²) in [5, 5.41) is 0. The Balaban J connectivity index is 2.58. The first-order valence-corrected chi connectivity index (χ1v) is 7.35. The van der Waals surface area contributed by atoms with Crippen molar-refractivity contribution in [3.8, 4) is 0 Å². The van der Waals surface area contributed by atoms with Crippen molar-refractivity contribution in [2.24, 2.45) is 5.92 Å². The molecule has 0 unspecified atom stereocenters. The molecule has 0 saturated heterocycles. The lowest BCUT2D eigenvalue weighted by atomic mass is 10.0. The average Bonchev–Trinajstić information content (AvgIpc) is 2.65. The van der Waals surface area contributed by atoms with Crippen LogP contribution in [0.15, 0.2) is 12.2 Å². The zero-order valence-electron chi connectivity index (χ0n) is 10.2. The van der Waals surface area contributed by atoms with Crippen LogP contribution in [0.25, 0.3) is 0 Å². The molecule has 0 heterocycles. The molecule has 16 heavy (non-hydrogen) atoms. The molecule has 0 bridgehead atoms. The maximum absolute atomic E-state index is 12.1. The number of phosphoric acid groups is 1. The Morgan fingerprint density at radius 3 is 2.38 bits per heavy atom. The van der Waals surface area contributed by atoms with Gasteiger partial charge in [0.2, 0.25) is 0 Å². The third kappa shape index (κ3) is 3.70. The van der Waals surface area contributed by atoms with E-state index in [1.807, 2.05) is 0 Å². The van der Waals surface area contributed by atoms with Crippen molar-refractivity contribution in [2.45, 2.75) is 39.7 Å². The normalized spacial score (nSPS) is 25.2. The lowest BCUT2D eigenvalue weighted by Crippen LogP contribution is -2.18. The van der Waals surface area contributed by atoms with Crippen molar-refractivity contribution in [1.29, 1.82) is 0 Å². The van der Waals surface area contributed by atoms with Gasteiger partial charge in [-0.3, -0.25) is 13.6 Å². The first-order valence-electron chi connectivity index (χ1n) is 5.89. The third-order valence-corrected chi connectivity index (χ3v) is 4.22. The van der Waals surface area contributed by atoms with Crippen molar-refractivity contribution in [3.05, 3.63) is 12.2 Å². The molecule has 0 radical (unpaired) electrons. The zero-order valence-corrected chi connectivity index (χ0v) is 11.1. The van der Waals surface area contributed by atoms with E-state index in [0.717, 1.165) is 12.8 Å². The second-order valence-electron chi connectivity index (χ2n) is 3.66. The quantitative estimate of drug-likeness (QED) is 0.510. The van der Waals surface area contributed by atoms with E-state index in [9.17, 15) is 4.57 Å². The summed E-state index contributed by atoms with van der Waals surface area (Å²) in [6, 6.07) is 0. The summed E-state index contributed by atoms with van der Waals surface area (Å²) >= 11 is 0. The molecule has 0 spiro atoms. The maximum atomic E-state index is 12.1. The summed E-state index contributed by atoms with van der Waals surface area (Å²) in [5.74, 6) is 0.314. The molecule has 0 amide bonds. The number of rotatable bonds is 7. The van der Waals surface area contributed by atoms with Gasteiger partial charge in [-0.15, -0.1) is 0 Å². The van der Waals surface area contributed by atoms with Crippen LogP contribution in [0.1, 0.15) is 33.6 Å². The fourth-order valence-electron chi connectivity index (χ4n) is 1.79. The van der Waals surface area contributed by atoms with E-state index in [1.54, 1.807) is 13.8 Å². The van der Waals surface area contributed by atoms with E-state index in [-0.39, 0.29) is 6.10 Å². The summed E-state index contributed by atoms with van der Waals surface area (Å²) < 4.78 is 27.9. The average molecular weight is 248 g/mol. The van der Waals surface area contributed by atoms with Crippen LogP contribution >= 0.6 is 7.82 Å². The Morgan fingerprint density at radius 1 is 1.25 bits per heavy atom. The molecule has 1 rings (SSSR count). The molecule has 0 aromatic carbocycles. The number of hydrogen-bond acceptors (Lipinski definition) is 4. The Kier molecular flexibility index (Phi) is 5.70. The molecule has 0 aromatic heterocycles. The molecule has 0 N–H and O–H groups in total. The fraction of sp³-hybridized carbons (Fsp3) is 0.818. The molecule has 94 valence electrons. The van der Waals surface area contributed by atoms with Crippen LogP contribution in [0.4, 0.5) is 0 Å². The molecule has 5 heteroatoms. The highest BCUT2D eigenvalue weighted by Gasteiger charge is 2.33. The highest BCUT2D eigenvalue weighted by atomic mass is 31.2. The molecule has 0 fully saturated rings. The van der Waals surface area contributed by atoms with Gasteiger partial charge in [0.25, 0.3) is 0 Å². The smallest absolute Gasteiger partial charge is 0.287 e. The van der Waals surface area contributed by atoms with E-state index in [2.05, 4.69) is 19.1 Å². The van der Waals surface area contributed by atoms with Gasteiger partial charge in [-0.1, -0.05) is 19.1 Å². The van der Waals surface area contributed by atoms with Crippen molar-refractivity contribution in [3.63, 3.8) is 0 Å². The predicted octanol–water partition coefficient (Wildman–Crippen LogP) is 3.54. The van der Waals surface area contributed by atoms with E-state index in [0.29, 0.717) is 19.1 Å². The first-order chi connectivity index (χ1) is 7.65. The Labute approximate surface area is 97.6 Å². The molecular weight excluding hydrogens is 227 g/mol. The van der Waals surface area contributed by atoms with Gasteiger partial charge in [0.1, 0.15) is 0 Å². The first kappa shape index (κ1) is 13.9. The van der Waals surface area contributed by atoms with E-state index in [4.69, 9.17) is 13.6 Å². The van der Waals surface area contributed by atoms with Gasteiger partial charge >= 0.3 is 7.82 Å². The molecule has 2 atom stereocenters. The van der Waals surface area contributed by atoms with Crippen molar-refractivity contribution < 1.29 is 18.1 Å². The lowest BCUT2D eigenvalue weighted by Gasteiger charge is -2.23. The third-order valence-electron chi connectivity index (χ3n) is 2.54. The van der Waals surface area contributed by atoms with Crippen LogP contribution in [0, 0.1) is 5.92 Å². The van der Waals surface area contributed by atoms with Crippen LogP contribution in [-0.4, -0.2) is 19.3 Å². The molecule has 0 saturated carbocycles. The van der Waals surface area contributed by atoms with Gasteiger partial charge in [-0.25, -0.2) is 4.57 Å². The number of phosphoric ester groups is 1. The zero-order chi connectivity index (χ0) is 12.0. The Bertz CT molecular complexity index is 267. The van der Waals surface area contributed by atoms with Gasteiger partial charge in [-0.05, 0) is 26.7 Å². The summed E-state index contributed by atoms with van der Waals surface area (Å²) in [6.07, 6.45) is 5.84. The number of hydrogen-bond donors (Lipinski definition) is 0. The summed E-state index contributed by atoms with van der Waals surface area (Å²) in [4.78, 5) is 0. The van der Waals surface area contributed by atoms with Crippen LogP contribution in [0.2, 0.25) is 0 Å². The van der Waals surface area contributed by atoms with Gasteiger partial charge < -0.3 is 0 Å². The fourth-order valence-corrected chi connectivity index (χ4v) is 3.19. The maximum Gasteiger partial charge on any atom is 0.475 e. The molecule has 1 aliphatic rings. The van der Waals surface area contributed by atoms with Gasteiger partial charge in [0.15, 0.2) is 0 Å². The molecule has 0 aromatic rings. The summed E-state index contributed by atoms with van der Waals surface area (Å²) in [6.45, 7) is 6.30. The second kappa shape index (κ2) is 6.55. The monoisotopic (exact) mass is 248 g/mol. The molecule has 0 aliphatic heterocycles. The second-order valence-corrected chi connectivity index (χ2v) is 5.28. The standard InChI is InChI=1S/C11H21O4P/c1-4-10-8-7-9-11(10)15-16(12,13-5-2)14-6-3/h7-8,10-11H,4-6,9H2,1-3H3/t10-,11+/m0/s1.